The van der Waals surface area contributed by atoms with Gasteiger partial charge in [-0.25, -0.2) is 0 Å². The Balaban J connectivity index is 3.02. The summed E-state index contributed by atoms with van der Waals surface area (Å²) in [5, 5.41) is 0. The van der Waals surface area contributed by atoms with Crippen LogP contribution in [0.1, 0.15) is 0 Å². The minimum atomic E-state index is 1.26. The van der Waals surface area contributed by atoms with Crippen LogP contribution in [0.4, 0.5) is 0 Å². The van der Waals surface area contributed by atoms with E-state index >= 15 is 0 Å². The summed E-state index contributed by atoms with van der Waals surface area (Å²) in [6.45, 7) is 0. The molecule has 1 aromatic carbocycles. The van der Waals surface area contributed by atoms with Crippen LogP contribution in [0.5, 0.6) is 0 Å². The van der Waals surface area contributed by atoms with Gasteiger partial charge in [-0.2, -0.15) is 0 Å². The second-order valence-electron chi connectivity index (χ2n) is 1.34. The molecule has 0 radical (unpaired) electrons. The van der Waals surface area contributed by atoms with Gasteiger partial charge >= 0.3 is 50.8 Å². The molecule has 0 spiro atoms. The maximum absolute atomic E-state index is 2.49. The Morgan fingerprint density at radius 2 is 1.57 bits per heavy atom. The summed E-state index contributed by atoms with van der Waals surface area (Å²) >= 11 is 2.49. The zero-order valence-corrected chi connectivity index (χ0v) is 5.71. The van der Waals surface area contributed by atoms with Crippen molar-refractivity contribution in [3.8, 4) is 0 Å². The van der Waals surface area contributed by atoms with Gasteiger partial charge in [-0.1, -0.05) is 0 Å². The van der Waals surface area contributed by atoms with Gasteiger partial charge in [0.2, 0.25) is 0 Å². The van der Waals surface area contributed by atoms with Crippen LogP contribution in [0, 0.1) is 0 Å². The summed E-state index contributed by atoms with van der Waals surface area (Å²) in [5.41, 5.74) is 0. The fourth-order valence-corrected chi connectivity index (χ4v) is 0.789. The quantitative estimate of drug-likeness (QED) is 0.472. The van der Waals surface area contributed by atoms with Crippen LogP contribution in [-0.4, -0.2) is 16.0 Å². The number of hydrogen-bond acceptors (Lipinski definition) is 0. The number of benzene rings is 1. The van der Waals surface area contributed by atoms with Crippen LogP contribution in [0.25, 0.3) is 0 Å². The van der Waals surface area contributed by atoms with Crippen molar-refractivity contribution in [2.45, 2.75) is 0 Å². The van der Waals surface area contributed by atoms with Gasteiger partial charge in [0.05, 0.1) is 0 Å². The molecule has 1 heteroatoms. The van der Waals surface area contributed by atoms with E-state index in [4.69, 9.17) is 0 Å². The third kappa shape index (κ3) is 1.34. The molecule has 0 aliphatic rings. The molecule has 0 bridgehead atoms. The van der Waals surface area contributed by atoms with Crippen molar-refractivity contribution in [3.63, 3.8) is 0 Å². The monoisotopic (exact) mass is 158 g/mol. The summed E-state index contributed by atoms with van der Waals surface area (Å²) in [4.78, 5) is 0. The van der Waals surface area contributed by atoms with Crippen molar-refractivity contribution in [2.24, 2.45) is 0 Å². The first-order chi connectivity index (χ1) is 3.39. The Morgan fingerprint density at radius 1 is 1.00 bits per heavy atom. The van der Waals surface area contributed by atoms with Gasteiger partial charge in [0.1, 0.15) is 0 Å². The fraction of sp³-hybridized carbons (Fsp3) is 0. The molecule has 0 heterocycles. The first-order valence-corrected chi connectivity index (χ1v) is 3.07. The van der Waals surface area contributed by atoms with E-state index in [2.05, 4.69) is 28.1 Å². The summed E-state index contributed by atoms with van der Waals surface area (Å²) in [7, 11) is 0. The molecule has 7 heavy (non-hydrogen) atoms. The van der Waals surface area contributed by atoms with Gasteiger partial charge in [0.15, 0.2) is 0 Å². The zero-order valence-electron chi connectivity index (χ0n) is 3.83. The van der Waals surface area contributed by atoms with Crippen molar-refractivity contribution in [1.82, 2.24) is 0 Å². The first kappa shape index (κ1) is 4.89. The van der Waals surface area contributed by atoms with E-state index in [-0.39, 0.29) is 0 Å². The van der Waals surface area contributed by atoms with E-state index in [0.717, 1.165) is 0 Å². The molecule has 0 aliphatic heterocycles. The molecule has 0 unspecified atom stereocenters. The van der Waals surface area contributed by atoms with Crippen molar-refractivity contribution < 1.29 is 0 Å². The minimum absolute atomic E-state index is 1.26. The predicted molar refractivity (Wildman–Crippen MR) is 33.2 cm³/mol. The van der Waals surface area contributed by atoms with E-state index in [1.165, 1.54) is 4.46 Å². The van der Waals surface area contributed by atoms with E-state index in [9.17, 15) is 0 Å². The van der Waals surface area contributed by atoms with E-state index < -0.39 is 0 Å². The molecule has 1 rings (SSSR count). The summed E-state index contributed by atoms with van der Waals surface area (Å²) in [5.74, 6) is 0. The van der Waals surface area contributed by atoms with Crippen LogP contribution in [0.2, 0.25) is 0 Å². The molecule has 0 aromatic heterocycles. The van der Waals surface area contributed by atoms with Crippen molar-refractivity contribution in [1.29, 1.82) is 0 Å². The zero-order chi connectivity index (χ0) is 5.11. The molecule has 0 aliphatic carbocycles. The molecule has 0 amide bonds. The van der Waals surface area contributed by atoms with Crippen LogP contribution < -0.4 is 4.46 Å². The SMILES string of the molecule is [SeH]c1ccccc1. The average Bonchev–Trinajstić information content (AvgIpc) is 1.69. The fourth-order valence-electron chi connectivity index (χ4n) is 0.428. The Labute approximate surface area is 51.4 Å². The van der Waals surface area contributed by atoms with Crippen molar-refractivity contribution in [2.75, 3.05) is 0 Å². The molecule has 0 saturated carbocycles. The van der Waals surface area contributed by atoms with Gasteiger partial charge < -0.3 is 0 Å². The van der Waals surface area contributed by atoms with Gasteiger partial charge in [-0.3, -0.25) is 0 Å². The average molecular weight is 157 g/mol. The molecule has 1 aromatic rings. The van der Waals surface area contributed by atoms with Gasteiger partial charge in [-0.05, 0) is 0 Å². The Morgan fingerprint density at radius 3 is 1.86 bits per heavy atom. The van der Waals surface area contributed by atoms with E-state index in [1.807, 2.05) is 18.2 Å². The molecular weight excluding hydrogens is 151 g/mol. The van der Waals surface area contributed by atoms with Crippen LogP contribution in [-0.2, 0) is 0 Å². The predicted octanol–water partition coefficient (Wildman–Crippen LogP) is 0.213. The van der Waals surface area contributed by atoms with Crippen LogP contribution >= 0.6 is 0 Å². The summed E-state index contributed by atoms with van der Waals surface area (Å²) in [6.07, 6.45) is 0. The van der Waals surface area contributed by atoms with Crippen LogP contribution in [0.15, 0.2) is 30.3 Å². The molecule has 0 atom stereocenters. The van der Waals surface area contributed by atoms with Crippen molar-refractivity contribution in [3.05, 3.63) is 30.3 Å². The van der Waals surface area contributed by atoms with Gasteiger partial charge in [0, 0.05) is 0 Å². The van der Waals surface area contributed by atoms with E-state index in [0.29, 0.717) is 0 Å². The molecule has 0 N–H and O–H groups in total. The third-order valence-corrected chi connectivity index (χ3v) is 1.38. The number of hydrogen-bond donors (Lipinski definition) is 0. The van der Waals surface area contributed by atoms with Gasteiger partial charge in [-0.15, -0.1) is 0 Å². The Bertz CT molecular complexity index is 134. The summed E-state index contributed by atoms with van der Waals surface area (Å²) < 4.78 is 1.26. The molecular formula is C6H6Se. The topological polar surface area (TPSA) is 0 Å². The summed E-state index contributed by atoms with van der Waals surface area (Å²) in [6, 6.07) is 10.2. The molecule has 0 fully saturated rings. The van der Waals surface area contributed by atoms with Crippen LogP contribution in [0.3, 0.4) is 0 Å². The van der Waals surface area contributed by atoms with Crippen molar-refractivity contribution >= 4 is 20.5 Å². The van der Waals surface area contributed by atoms with Gasteiger partial charge in [0.25, 0.3) is 0 Å². The Hall–Kier alpha value is -0.261. The normalized spacial score (nSPS) is 8.71. The second-order valence-corrected chi connectivity index (χ2v) is 2.42. The standard InChI is InChI=1S/C6H6Se/c7-6-4-2-1-3-5-6/h1-5,7H. The molecule has 0 nitrogen and oxygen atoms in total. The molecule has 36 valence electrons. The Kier molecular flexibility index (Phi) is 1.50. The second kappa shape index (κ2) is 2.15. The third-order valence-electron chi connectivity index (χ3n) is 0.756. The number of rotatable bonds is 0. The first-order valence-electron chi connectivity index (χ1n) is 2.13. The molecule has 0 saturated heterocycles. The van der Waals surface area contributed by atoms with E-state index in [1.54, 1.807) is 0 Å². The maximum atomic E-state index is 2.49.